The number of aryl methyl sites for hydroxylation is 2. The number of benzene rings is 1. The molecule has 24 heavy (non-hydrogen) atoms. The lowest BCUT2D eigenvalue weighted by atomic mass is 9.86. The largest absolute Gasteiger partial charge is 0.489 e. The molecule has 1 aromatic heterocycles. The number of hydrogen-bond donors (Lipinski definition) is 0. The van der Waals surface area contributed by atoms with Gasteiger partial charge in [0.25, 0.3) is 11.6 Å². The van der Waals surface area contributed by atoms with E-state index in [0.29, 0.717) is 19.2 Å². The smallest absolute Gasteiger partial charge is 0.300 e. The van der Waals surface area contributed by atoms with Gasteiger partial charge in [-0.2, -0.15) is 4.98 Å². The van der Waals surface area contributed by atoms with E-state index in [4.69, 9.17) is 9.47 Å². The summed E-state index contributed by atoms with van der Waals surface area (Å²) < 4.78 is 13.6. The van der Waals surface area contributed by atoms with Gasteiger partial charge in [-0.25, -0.2) is 0 Å². The highest BCUT2D eigenvalue weighted by Gasteiger charge is 2.31. The lowest BCUT2D eigenvalue weighted by molar-refractivity contribution is 0.143. The van der Waals surface area contributed by atoms with Crippen molar-refractivity contribution in [2.24, 2.45) is 0 Å². The average Bonchev–Trinajstić information content (AvgIpc) is 3.06. The Morgan fingerprint density at radius 1 is 1.42 bits per heavy atom. The van der Waals surface area contributed by atoms with Gasteiger partial charge in [-0.05, 0) is 47.9 Å². The SMILES string of the molecule is Cc1cc2c(cc1OC[C@@H]1Cn3ccc(=O)nc3O1)CCC2(C)C. The van der Waals surface area contributed by atoms with E-state index in [1.807, 2.05) is 4.57 Å². The van der Waals surface area contributed by atoms with E-state index < -0.39 is 0 Å². The molecule has 1 aliphatic heterocycles. The Balaban J connectivity index is 1.47. The maximum Gasteiger partial charge on any atom is 0.300 e. The maximum atomic E-state index is 11.3. The first-order valence-electron chi connectivity index (χ1n) is 8.43. The van der Waals surface area contributed by atoms with Crippen LogP contribution in [0.25, 0.3) is 0 Å². The van der Waals surface area contributed by atoms with Gasteiger partial charge in [0.05, 0.1) is 6.54 Å². The maximum absolute atomic E-state index is 11.3. The minimum absolute atomic E-state index is 0.122. The van der Waals surface area contributed by atoms with Crippen LogP contribution in [-0.2, 0) is 18.4 Å². The topological polar surface area (TPSA) is 53.4 Å². The molecule has 1 atom stereocenters. The van der Waals surface area contributed by atoms with Crippen molar-refractivity contribution in [1.29, 1.82) is 0 Å². The molecule has 0 saturated heterocycles. The van der Waals surface area contributed by atoms with Crippen molar-refractivity contribution in [2.45, 2.75) is 51.7 Å². The molecule has 0 saturated carbocycles. The van der Waals surface area contributed by atoms with Crippen molar-refractivity contribution >= 4 is 0 Å². The molecule has 1 aliphatic carbocycles. The van der Waals surface area contributed by atoms with Crippen molar-refractivity contribution in [3.8, 4) is 11.8 Å². The summed E-state index contributed by atoms with van der Waals surface area (Å²) in [6.07, 6.45) is 3.89. The van der Waals surface area contributed by atoms with E-state index in [1.54, 1.807) is 6.20 Å². The minimum Gasteiger partial charge on any atom is -0.489 e. The highest BCUT2D eigenvalue weighted by Crippen LogP contribution is 2.41. The fourth-order valence-electron chi connectivity index (χ4n) is 3.63. The summed E-state index contributed by atoms with van der Waals surface area (Å²) in [5.74, 6) is 0.925. The fraction of sp³-hybridized carbons (Fsp3) is 0.474. The molecule has 0 bridgehead atoms. The van der Waals surface area contributed by atoms with Crippen molar-refractivity contribution in [2.75, 3.05) is 6.61 Å². The predicted octanol–water partition coefficient (Wildman–Crippen LogP) is 2.62. The molecule has 0 spiro atoms. The molecular weight excluding hydrogens is 304 g/mol. The van der Waals surface area contributed by atoms with Gasteiger partial charge in [-0.3, -0.25) is 9.36 Å². The zero-order valence-corrected chi connectivity index (χ0v) is 14.3. The Labute approximate surface area is 141 Å². The lowest BCUT2D eigenvalue weighted by Gasteiger charge is -2.20. The molecule has 0 radical (unpaired) electrons. The number of fused-ring (bicyclic) bond motifs is 2. The van der Waals surface area contributed by atoms with E-state index in [2.05, 4.69) is 37.9 Å². The Morgan fingerprint density at radius 2 is 2.25 bits per heavy atom. The van der Waals surface area contributed by atoms with E-state index in [0.717, 1.165) is 17.7 Å². The van der Waals surface area contributed by atoms with E-state index >= 15 is 0 Å². The number of hydrogen-bond acceptors (Lipinski definition) is 4. The van der Waals surface area contributed by atoms with Gasteiger partial charge in [0.2, 0.25) is 0 Å². The van der Waals surface area contributed by atoms with Gasteiger partial charge in [-0.15, -0.1) is 0 Å². The molecule has 2 aliphatic rings. The summed E-state index contributed by atoms with van der Waals surface area (Å²) >= 11 is 0. The molecule has 2 heterocycles. The molecule has 0 amide bonds. The van der Waals surface area contributed by atoms with Crippen LogP contribution in [0, 0.1) is 6.92 Å². The normalized spacial score (nSPS) is 20.4. The molecule has 0 fully saturated rings. The van der Waals surface area contributed by atoms with Crippen LogP contribution in [0.3, 0.4) is 0 Å². The van der Waals surface area contributed by atoms with Crippen LogP contribution in [0.4, 0.5) is 0 Å². The summed E-state index contributed by atoms with van der Waals surface area (Å²) in [5, 5.41) is 0. The molecule has 5 heteroatoms. The first kappa shape index (κ1) is 15.2. The Bertz CT molecular complexity index is 854. The number of aromatic nitrogens is 2. The first-order chi connectivity index (χ1) is 11.4. The highest BCUT2D eigenvalue weighted by atomic mass is 16.6. The summed E-state index contributed by atoms with van der Waals surface area (Å²) in [4.78, 5) is 15.2. The van der Waals surface area contributed by atoms with Crippen LogP contribution in [0.2, 0.25) is 0 Å². The molecule has 1 aromatic carbocycles. The summed E-state index contributed by atoms with van der Waals surface area (Å²) in [5.41, 5.74) is 3.97. The first-order valence-corrected chi connectivity index (χ1v) is 8.43. The third-order valence-corrected chi connectivity index (χ3v) is 5.09. The second-order valence-corrected chi connectivity index (χ2v) is 7.41. The van der Waals surface area contributed by atoms with Crippen LogP contribution in [0.1, 0.15) is 37.0 Å². The summed E-state index contributed by atoms with van der Waals surface area (Å²) in [6, 6.07) is 6.27. The standard InChI is InChI=1S/C19H22N2O3/c1-12-8-15-13(4-6-19(15,2)3)9-16(12)23-11-14-10-21-7-5-17(22)20-18(21)24-14/h5,7-9,14H,4,6,10-11H2,1-3H3/t14-/m0/s1. The highest BCUT2D eigenvalue weighted by molar-refractivity contribution is 5.47. The van der Waals surface area contributed by atoms with E-state index in [1.165, 1.54) is 23.6 Å². The molecule has 0 N–H and O–H groups in total. The van der Waals surface area contributed by atoms with Crippen LogP contribution < -0.4 is 15.0 Å². The van der Waals surface area contributed by atoms with Crippen molar-refractivity contribution in [3.63, 3.8) is 0 Å². The lowest BCUT2D eigenvalue weighted by Crippen LogP contribution is -2.23. The van der Waals surface area contributed by atoms with Gasteiger partial charge in [0.1, 0.15) is 12.4 Å². The Hall–Kier alpha value is -2.30. The number of ether oxygens (including phenoxy) is 2. The zero-order valence-electron chi connectivity index (χ0n) is 14.3. The van der Waals surface area contributed by atoms with Crippen LogP contribution in [-0.4, -0.2) is 22.3 Å². The van der Waals surface area contributed by atoms with Crippen LogP contribution in [0.15, 0.2) is 29.2 Å². The summed E-state index contributed by atoms with van der Waals surface area (Å²) in [6.45, 7) is 7.79. The van der Waals surface area contributed by atoms with Gasteiger partial charge in [0.15, 0.2) is 6.10 Å². The van der Waals surface area contributed by atoms with Crippen LogP contribution >= 0.6 is 0 Å². The number of nitrogens with zero attached hydrogens (tertiary/aromatic N) is 2. The summed E-state index contributed by atoms with van der Waals surface area (Å²) in [7, 11) is 0. The monoisotopic (exact) mass is 326 g/mol. The second kappa shape index (κ2) is 5.36. The van der Waals surface area contributed by atoms with Crippen molar-refractivity contribution in [3.05, 3.63) is 51.4 Å². The van der Waals surface area contributed by atoms with Crippen LogP contribution in [0.5, 0.6) is 11.8 Å². The molecule has 0 unspecified atom stereocenters. The zero-order chi connectivity index (χ0) is 16.9. The van der Waals surface area contributed by atoms with Crippen molar-refractivity contribution in [1.82, 2.24) is 9.55 Å². The predicted molar refractivity (Wildman–Crippen MR) is 90.9 cm³/mol. The number of rotatable bonds is 3. The molecule has 5 nitrogen and oxygen atoms in total. The Kier molecular flexibility index (Phi) is 3.41. The molecule has 126 valence electrons. The van der Waals surface area contributed by atoms with E-state index in [9.17, 15) is 4.79 Å². The molecular formula is C19H22N2O3. The van der Waals surface area contributed by atoms with E-state index in [-0.39, 0.29) is 17.1 Å². The van der Waals surface area contributed by atoms with Gasteiger partial charge < -0.3 is 9.47 Å². The minimum atomic E-state index is -0.278. The third kappa shape index (κ3) is 2.58. The Morgan fingerprint density at radius 3 is 3.08 bits per heavy atom. The fourth-order valence-corrected chi connectivity index (χ4v) is 3.63. The quantitative estimate of drug-likeness (QED) is 0.870. The van der Waals surface area contributed by atoms with Crippen molar-refractivity contribution < 1.29 is 9.47 Å². The van der Waals surface area contributed by atoms with Gasteiger partial charge >= 0.3 is 0 Å². The average molecular weight is 326 g/mol. The van der Waals surface area contributed by atoms with Gasteiger partial charge in [-0.1, -0.05) is 19.9 Å². The van der Waals surface area contributed by atoms with Gasteiger partial charge in [0, 0.05) is 12.3 Å². The molecule has 2 aromatic rings. The second-order valence-electron chi connectivity index (χ2n) is 7.41. The molecule has 4 rings (SSSR count). The third-order valence-electron chi connectivity index (χ3n) is 5.09.